The monoisotopic (exact) mass is 395 g/mol. The van der Waals surface area contributed by atoms with Crippen molar-refractivity contribution in [3.63, 3.8) is 0 Å². The van der Waals surface area contributed by atoms with Crippen LogP contribution in [0.15, 0.2) is 47.4 Å². The first-order chi connectivity index (χ1) is 13.2. The molecule has 0 unspecified atom stereocenters. The second kappa shape index (κ2) is 7.25. The number of carbonyl (C=O) groups excluding carboxylic acids is 1. The number of alkyl halides is 3. The van der Waals surface area contributed by atoms with Crippen molar-refractivity contribution in [2.45, 2.75) is 19.1 Å². The number of hydrogen-bond donors (Lipinski definition) is 2. The van der Waals surface area contributed by atoms with Crippen molar-refractivity contribution >= 4 is 5.91 Å². The molecule has 0 aliphatic heterocycles. The van der Waals surface area contributed by atoms with Crippen LogP contribution in [0.2, 0.25) is 0 Å². The third-order valence-corrected chi connectivity index (χ3v) is 3.86. The molecule has 0 spiro atoms. The maximum absolute atomic E-state index is 13.6. The van der Waals surface area contributed by atoms with E-state index in [1.807, 2.05) is 5.10 Å². The van der Waals surface area contributed by atoms with Crippen molar-refractivity contribution in [1.29, 1.82) is 0 Å². The summed E-state index contributed by atoms with van der Waals surface area (Å²) in [5.74, 6) is -1.89. The molecular formula is C17H13F4N5O2. The summed E-state index contributed by atoms with van der Waals surface area (Å²) in [5, 5.41) is 11.5. The quantitative estimate of drug-likeness (QED) is 0.665. The molecule has 0 saturated heterocycles. The molecule has 0 radical (unpaired) electrons. The Hall–Kier alpha value is -3.50. The highest BCUT2D eigenvalue weighted by molar-refractivity contribution is 5.95. The third kappa shape index (κ3) is 3.92. The SMILES string of the molecule is C[C@H](NC(=O)c1cnn(-c2ccc(=O)[nH]n2)c1C(F)(F)F)c1cccc(F)c1. The summed E-state index contributed by atoms with van der Waals surface area (Å²) >= 11 is 0. The van der Waals surface area contributed by atoms with E-state index in [0.29, 0.717) is 10.2 Å². The number of benzene rings is 1. The Morgan fingerprint density at radius 1 is 1.25 bits per heavy atom. The molecule has 0 bridgehead atoms. The summed E-state index contributed by atoms with van der Waals surface area (Å²) < 4.78 is 54.5. The second-order valence-electron chi connectivity index (χ2n) is 5.85. The third-order valence-electron chi connectivity index (χ3n) is 3.86. The predicted octanol–water partition coefficient (Wildman–Crippen LogP) is 2.60. The first kappa shape index (κ1) is 19.3. The lowest BCUT2D eigenvalue weighted by Gasteiger charge is -2.16. The zero-order valence-corrected chi connectivity index (χ0v) is 14.3. The molecule has 3 aromatic rings. The lowest BCUT2D eigenvalue weighted by Crippen LogP contribution is -2.29. The molecule has 2 N–H and O–H groups in total. The van der Waals surface area contributed by atoms with E-state index >= 15 is 0 Å². The number of aromatic nitrogens is 4. The number of carbonyl (C=O) groups is 1. The van der Waals surface area contributed by atoms with Crippen LogP contribution in [0.5, 0.6) is 0 Å². The Morgan fingerprint density at radius 3 is 2.61 bits per heavy atom. The maximum Gasteiger partial charge on any atom is 0.434 e. The first-order valence-corrected chi connectivity index (χ1v) is 7.94. The summed E-state index contributed by atoms with van der Waals surface area (Å²) in [5.41, 5.74) is -2.30. The minimum Gasteiger partial charge on any atom is -0.345 e. The molecule has 7 nitrogen and oxygen atoms in total. The van der Waals surface area contributed by atoms with Gasteiger partial charge in [-0.2, -0.15) is 23.4 Å². The first-order valence-electron chi connectivity index (χ1n) is 7.94. The van der Waals surface area contributed by atoms with Gasteiger partial charge in [0.15, 0.2) is 11.5 Å². The van der Waals surface area contributed by atoms with E-state index in [-0.39, 0.29) is 5.82 Å². The summed E-state index contributed by atoms with van der Waals surface area (Å²) in [6.07, 6.45) is -4.17. The van der Waals surface area contributed by atoms with Crippen molar-refractivity contribution in [3.8, 4) is 5.82 Å². The zero-order valence-electron chi connectivity index (χ0n) is 14.3. The average molecular weight is 395 g/mol. The number of nitrogens with zero attached hydrogens (tertiary/aromatic N) is 3. The maximum atomic E-state index is 13.6. The number of aromatic amines is 1. The van der Waals surface area contributed by atoms with Crippen LogP contribution < -0.4 is 10.9 Å². The molecule has 0 fully saturated rings. The van der Waals surface area contributed by atoms with E-state index in [2.05, 4.69) is 15.5 Å². The second-order valence-corrected chi connectivity index (χ2v) is 5.85. The molecule has 1 atom stereocenters. The van der Waals surface area contributed by atoms with Gasteiger partial charge in [-0.1, -0.05) is 12.1 Å². The number of amides is 1. The summed E-state index contributed by atoms with van der Waals surface area (Å²) in [7, 11) is 0. The van der Waals surface area contributed by atoms with Gasteiger partial charge in [-0.15, -0.1) is 0 Å². The van der Waals surface area contributed by atoms with E-state index in [1.54, 1.807) is 0 Å². The van der Waals surface area contributed by atoms with Crippen molar-refractivity contribution in [3.05, 3.63) is 75.6 Å². The predicted molar refractivity (Wildman–Crippen MR) is 89.3 cm³/mol. The van der Waals surface area contributed by atoms with Gasteiger partial charge in [-0.25, -0.2) is 14.2 Å². The standard InChI is InChI=1S/C17H13F4N5O2/c1-9(10-3-2-4-11(18)7-10)23-16(28)12-8-22-26(15(12)17(19,20)21)13-5-6-14(27)25-24-13/h2-9H,1H3,(H,23,28)(H,25,27)/t9-/m0/s1. The summed E-state index contributed by atoms with van der Waals surface area (Å²) in [6, 6.07) is 6.61. The van der Waals surface area contributed by atoms with Crippen molar-refractivity contribution in [2.24, 2.45) is 0 Å². The van der Waals surface area contributed by atoms with Gasteiger partial charge >= 0.3 is 6.18 Å². The zero-order chi connectivity index (χ0) is 20.5. The van der Waals surface area contributed by atoms with Gasteiger partial charge in [0.05, 0.1) is 17.8 Å². The van der Waals surface area contributed by atoms with Crippen LogP contribution in [0.1, 0.15) is 34.6 Å². The van der Waals surface area contributed by atoms with Crippen LogP contribution in [0, 0.1) is 5.82 Å². The van der Waals surface area contributed by atoms with Gasteiger partial charge < -0.3 is 5.32 Å². The Morgan fingerprint density at radius 2 is 2.00 bits per heavy atom. The molecule has 1 aromatic carbocycles. The highest BCUT2D eigenvalue weighted by Crippen LogP contribution is 2.33. The largest absolute Gasteiger partial charge is 0.434 e. The fraction of sp³-hybridized carbons (Fsp3) is 0.176. The molecule has 28 heavy (non-hydrogen) atoms. The molecule has 2 heterocycles. The molecule has 1 amide bonds. The molecule has 0 aliphatic carbocycles. The van der Waals surface area contributed by atoms with Crippen LogP contribution in [0.4, 0.5) is 17.6 Å². The van der Waals surface area contributed by atoms with Crippen molar-refractivity contribution < 1.29 is 22.4 Å². The van der Waals surface area contributed by atoms with E-state index < -0.39 is 40.8 Å². The Bertz CT molecular complexity index is 1050. The fourth-order valence-corrected chi connectivity index (χ4v) is 2.55. The minimum atomic E-state index is -4.93. The van der Waals surface area contributed by atoms with Crippen LogP contribution in [-0.2, 0) is 6.18 Å². The molecule has 11 heteroatoms. The summed E-state index contributed by atoms with van der Waals surface area (Å²) in [4.78, 5) is 23.5. The van der Waals surface area contributed by atoms with E-state index in [4.69, 9.17) is 0 Å². The smallest absolute Gasteiger partial charge is 0.345 e. The number of hydrogen-bond acceptors (Lipinski definition) is 4. The lowest BCUT2D eigenvalue weighted by atomic mass is 10.1. The van der Waals surface area contributed by atoms with Crippen molar-refractivity contribution in [2.75, 3.05) is 0 Å². The molecule has 0 saturated carbocycles. The van der Waals surface area contributed by atoms with Crippen LogP contribution in [-0.4, -0.2) is 25.9 Å². The Balaban J connectivity index is 1.96. The summed E-state index contributed by atoms with van der Waals surface area (Å²) in [6.45, 7) is 1.51. The van der Waals surface area contributed by atoms with E-state index in [1.165, 1.54) is 31.2 Å². The Labute approximate surface area is 155 Å². The van der Waals surface area contributed by atoms with E-state index in [9.17, 15) is 27.2 Å². The van der Waals surface area contributed by atoms with Gasteiger partial charge in [0, 0.05) is 6.07 Å². The van der Waals surface area contributed by atoms with Crippen LogP contribution in [0.3, 0.4) is 0 Å². The van der Waals surface area contributed by atoms with Gasteiger partial charge in [-0.3, -0.25) is 9.59 Å². The van der Waals surface area contributed by atoms with E-state index in [0.717, 1.165) is 18.3 Å². The number of halogens is 4. The fourth-order valence-electron chi connectivity index (χ4n) is 2.55. The van der Waals surface area contributed by atoms with Gasteiger partial charge in [-0.05, 0) is 30.7 Å². The highest BCUT2D eigenvalue weighted by atomic mass is 19.4. The number of rotatable bonds is 4. The van der Waals surface area contributed by atoms with Gasteiger partial charge in [0.1, 0.15) is 5.82 Å². The van der Waals surface area contributed by atoms with Gasteiger partial charge in [0.25, 0.3) is 11.5 Å². The lowest BCUT2D eigenvalue weighted by molar-refractivity contribution is -0.143. The average Bonchev–Trinajstić information content (AvgIpc) is 3.08. The van der Waals surface area contributed by atoms with Crippen molar-refractivity contribution in [1.82, 2.24) is 25.3 Å². The normalized spacial score (nSPS) is 12.6. The molecular weight excluding hydrogens is 382 g/mol. The molecule has 0 aliphatic rings. The topological polar surface area (TPSA) is 92.7 Å². The minimum absolute atomic E-state index is 0.316. The Kier molecular flexibility index (Phi) is 4.99. The highest BCUT2D eigenvalue weighted by Gasteiger charge is 2.41. The van der Waals surface area contributed by atoms with Crippen LogP contribution >= 0.6 is 0 Å². The van der Waals surface area contributed by atoms with Gasteiger partial charge in [0.2, 0.25) is 0 Å². The van der Waals surface area contributed by atoms with Crippen LogP contribution in [0.25, 0.3) is 5.82 Å². The molecule has 3 rings (SSSR count). The number of nitrogens with one attached hydrogen (secondary N) is 2. The number of H-pyrrole nitrogens is 1. The molecule has 146 valence electrons. The molecule has 2 aromatic heterocycles.